The van der Waals surface area contributed by atoms with Gasteiger partial charge >= 0.3 is 0 Å². The minimum atomic E-state index is -0.283. The summed E-state index contributed by atoms with van der Waals surface area (Å²) >= 11 is 0. The number of halogens is 1. The normalized spacial score (nSPS) is 14.7. The number of nitrogens with zero attached hydrogens (tertiary/aromatic N) is 2. The Balaban J connectivity index is 2.18. The van der Waals surface area contributed by atoms with Crippen molar-refractivity contribution in [2.75, 3.05) is 0 Å². The minimum absolute atomic E-state index is 0.142. The first kappa shape index (κ1) is 11.1. The third-order valence-electron chi connectivity index (χ3n) is 3.38. The topological polar surface area (TPSA) is 34.9 Å². The van der Waals surface area contributed by atoms with Crippen LogP contribution in [0.4, 0.5) is 4.39 Å². The van der Waals surface area contributed by atoms with Gasteiger partial charge in [-0.3, -0.25) is 9.48 Å². The van der Waals surface area contributed by atoms with Gasteiger partial charge in [-0.05, 0) is 37.1 Å². The summed E-state index contributed by atoms with van der Waals surface area (Å²) < 4.78 is 14.7. The molecule has 0 radical (unpaired) electrons. The Labute approximate surface area is 104 Å². The molecule has 3 nitrogen and oxygen atoms in total. The Hall–Kier alpha value is -1.97. The van der Waals surface area contributed by atoms with Crippen molar-refractivity contribution in [1.29, 1.82) is 0 Å². The fourth-order valence-corrected chi connectivity index (χ4v) is 2.49. The van der Waals surface area contributed by atoms with Crippen molar-refractivity contribution in [3.63, 3.8) is 0 Å². The van der Waals surface area contributed by atoms with Crippen molar-refractivity contribution < 1.29 is 9.18 Å². The lowest BCUT2D eigenvalue weighted by atomic mass is 9.92. The number of benzene rings is 1. The lowest BCUT2D eigenvalue weighted by molar-refractivity contribution is 0.0972. The number of Topliss-reactive ketones (excluding diaryl/α,β-unsaturated/α-hetero) is 1. The Morgan fingerprint density at radius 1 is 1.22 bits per heavy atom. The molecule has 0 bridgehead atoms. The highest BCUT2D eigenvalue weighted by Crippen LogP contribution is 2.30. The van der Waals surface area contributed by atoms with Crippen LogP contribution in [-0.4, -0.2) is 15.6 Å². The molecule has 92 valence electrons. The maximum Gasteiger partial charge on any atom is 0.166 e. The number of carbonyl (C=O) groups excluding carboxylic acids is 1. The van der Waals surface area contributed by atoms with E-state index in [2.05, 4.69) is 5.10 Å². The van der Waals surface area contributed by atoms with E-state index in [1.54, 1.807) is 16.8 Å². The van der Waals surface area contributed by atoms with Crippen molar-refractivity contribution in [3.8, 4) is 11.3 Å². The average molecular weight is 244 g/mol. The molecule has 0 fully saturated rings. The highest BCUT2D eigenvalue weighted by atomic mass is 19.1. The van der Waals surface area contributed by atoms with Gasteiger partial charge in [0.05, 0.1) is 5.56 Å². The van der Waals surface area contributed by atoms with E-state index >= 15 is 0 Å². The summed E-state index contributed by atoms with van der Waals surface area (Å²) in [6.07, 6.45) is 2.34. The molecule has 1 aromatic carbocycles. The summed E-state index contributed by atoms with van der Waals surface area (Å²) in [7, 11) is 1.85. The van der Waals surface area contributed by atoms with Gasteiger partial charge in [-0.25, -0.2) is 4.39 Å². The van der Waals surface area contributed by atoms with Crippen LogP contribution in [0.5, 0.6) is 0 Å². The molecule has 2 aromatic rings. The van der Waals surface area contributed by atoms with E-state index in [1.807, 2.05) is 7.05 Å². The van der Waals surface area contributed by atoms with E-state index in [-0.39, 0.29) is 11.6 Å². The zero-order chi connectivity index (χ0) is 12.7. The van der Waals surface area contributed by atoms with Crippen molar-refractivity contribution in [1.82, 2.24) is 9.78 Å². The van der Waals surface area contributed by atoms with E-state index in [4.69, 9.17) is 0 Å². The molecule has 0 atom stereocenters. The first-order chi connectivity index (χ1) is 8.66. The number of aryl methyl sites for hydroxylation is 1. The number of hydrogen-bond donors (Lipinski definition) is 0. The van der Waals surface area contributed by atoms with Gasteiger partial charge < -0.3 is 0 Å². The number of rotatable bonds is 1. The van der Waals surface area contributed by atoms with Crippen LogP contribution >= 0.6 is 0 Å². The molecule has 0 N–H and O–H groups in total. The van der Waals surface area contributed by atoms with Gasteiger partial charge in [-0.15, -0.1) is 0 Å². The number of fused-ring (bicyclic) bond motifs is 1. The zero-order valence-corrected chi connectivity index (χ0v) is 10.1. The molecule has 0 saturated carbocycles. The Morgan fingerprint density at radius 3 is 2.67 bits per heavy atom. The molecule has 0 saturated heterocycles. The fraction of sp³-hybridized carbons (Fsp3) is 0.286. The highest BCUT2D eigenvalue weighted by molar-refractivity contribution is 6.03. The number of ketones is 1. The van der Waals surface area contributed by atoms with Crippen molar-refractivity contribution in [2.24, 2.45) is 7.05 Å². The quantitative estimate of drug-likeness (QED) is 0.773. The molecule has 1 aliphatic rings. The van der Waals surface area contributed by atoms with Crippen molar-refractivity contribution >= 4 is 5.78 Å². The average Bonchev–Trinajstić information content (AvgIpc) is 2.70. The van der Waals surface area contributed by atoms with Gasteiger partial charge in [-0.1, -0.05) is 0 Å². The van der Waals surface area contributed by atoms with Crippen LogP contribution in [-0.2, 0) is 13.5 Å². The van der Waals surface area contributed by atoms with Gasteiger partial charge in [0.2, 0.25) is 0 Å². The molecule has 0 unspecified atom stereocenters. The summed E-state index contributed by atoms with van der Waals surface area (Å²) in [4.78, 5) is 12.0. The smallest absolute Gasteiger partial charge is 0.166 e. The molecule has 1 aliphatic carbocycles. The Kier molecular flexibility index (Phi) is 2.51. The first-order valence-corrected chi connectivity index (χ1v) is 6.02. The summed E-state index contributed by atoms with van der Waals surface area (Å²) in [6, 6.07) is 6.12. The minimum Gasteiger partial charge on any atom is -0.294 e. The van der Waals surface area contributed by atoms with Crippen LogP contribution in [0, 0.1) is 5.82 Å². The summed E-state index contributed by atoms with van der Waals surface area (Å²) in [5.74, 6) is -0.140. The molecule has 0 aliphatic heterocycles. The number of carbonyl (C=O) groups is 1. The van der Waals surface area contributed by atoms with E-state index in [0.717, 1.165) is 29.7 Å². The van der Waals surface area contributed by atoms with Crippen LogP contribution in [0.1, 0.15) is 28.9 Å². The van der Waals surface area contributed by atoms with Gasteiger partial charge in [0, 0.05) is 24.7 Å². The number of hydrogen-bond acceptors (Lipinski definition) is 2. The molecular formula is C14H13FN2O. The van der Waals surface area contributed by atoms with Crippen molar-refractivity contribution in [2.45, 2.75) is 19.3 Å². The molecule has 3 rings (SSSR count). The Morgan fingerprint density at radius 2 is 1.94 bits per heavy atom. The monoisotopic (exact) mass is 244 g/mol. The standard InChI is InChI=1S/C14H13FN2O/c1-17-11-3-2-4-12(18)13(11)14(16-17)9-5-7-10(15)8-6-9/h5-8H,2-4H2,1H3. The van der Waals surface area contributed by atoms with Crippen LogP contribution < -0.4 is 0 Å². The largest absolute Gasteiger partial charge is 0.294 e. The fourth-order valence-electron chi connectivity index (χ4n) is 2.49. The van der Waals surface area contributed by atoms with E-state index in [9.17, 15) is 9.18 Å². The maximum absolute atomic E-state index is 12.9. The third kappa shape index (κ3) is 1.65. The Bertz CT molecular complexity index is 613. The summed E-state index contributed by atoms with van der Waals surface area (Å²) in [6.45, 7) is 0. The lowest BCUT2D eigenvalue weighted by Gasteiger charge is -2.11. The maximum atomic E-state index is 12.9. The third-order valence-corrected chi connectivity index (χ3v) is 3.38. The zero-order valence-electron chi connectivity index (χ0n) is 10.1. The van der Waals surface area contributed by atoms with E-state index in [1.165, 1.54) is 12.1 Å². The molecule has 1 aromatic heterocycles. The number of aromatic nitrogens is 2. The van der Waals surface area contributed by atoms with Crippen LogP contribution in [0.2, 0.25) is 0 Å². The second kappa shape index (κ2) is 4.05. The molecule has 4 heteroatoms. The highest BCUT2D eigenvalue weighted by Gasteiger charge is 2.26. The van der Waals surface area contributed by atoms with Gasteiger partial charge in [0.15, 0.2) is 5.78 Å². The first-order valence-electron chi connectivity index (χ1n) is 6.02. The molecule has 1 heterocycles. The van der Waals surface area contributed by atoms with Crippen molar-refractivity contribution in [3.05, 3.63) is 41.3 Å². The van der Waals surface area contributed by atoms with Gasteiger partial charge in [0.1, 0.15) is 11.5 Å². The predicted octanol–water partition coefficient (Wildman–Crippen LogP) is 2.75. The molecular weight excluding hydrogens is 231 g/mol. The predicted molar refractivity (Wildman–Crippen MR) is 65.9 cm³/mol. The van der Waals surface area contributed by atoms with Crippen LogP contribution in [0.25, 0.3) is 11.3 Å². The molecule has 18 heavy (non-hydrogen) atoms. The summed E-state index contributed by atoms with van der Waals surface area (Å²) in [5.41, 5.74) is 3.18. The van der Waals surface area contributed by atoms with Crippen LogP contribution in [0.3, 0.4) is 0 Å². The van der Waals surface area contributed by atoms with Gasteiger partial charge in [-0.2, -0.15) is 5.10 Å². The van der Waals surface area contributed by atoms with E-state index in [0.29, 0.717) is 12.1 Å². The van der Waals surface area contributed by atoms with Gasteiger partial charge in [0.25, 0.3) is 0 Å². The second-order valence-electron chi connectivity index (χ2n) is 4.58. The summed E-state index contributed by atoms with van der Waals surface area (Å²) in [5, 5.41) is 4.42. The molecule has 0 amide bonds. The molecule has 0 spiro atoms. The lowest BCUT2D eigenvalue weighted by Crippen LogP contribution is -2.12. The van der Waals surface area contributed by atoms with E-state index < -0.39 is 0 Å². The second-order valence-corrected chi connectivity index (χ2v) is 4.58. The SMILES string of the molecule is Cn1nc(-c2ccc(F)cc2)c2c1CCCC2=O. The van der Waals surface area contributed by atoms with Crippen LogP contribution in [0.15, 0.2) is 24.3 Å².